The number of carbonyl (C=O) groups excluding carboxylic acids is 1. The summed E-state index contributed by atoms with van der Waals surface area (Å²) in [6.07, 6.45) is 1.53. The number of methoxy groups -OCH3 is 1. The lowest BCUT2D eigenvalue weighted by molar-refractivity contribution is 0.0339. The third-order valence-electron chi connectivity index (χ3n) is 4.35. The van der Waals surface area contributed by atoms with Crippen molar-refractivity contribution in [3.63, 3.8) is 0 Å². The minimum Gasteiger partial charge on any atom is -0.508 e. The SMILES string of the molecule is COc1ccc(/C=N\NC(=O)c2cc(O)cc(O)c2)cc1CN1CCOCC1. The molecule has 0 atom stereocenters. The van der Waals surface area contributed by atoms with Crippen molar-refractivity contribution in [3.05, 3.63) is 53.1 Å². The lowest BCUT2D eigenvalue weighted by Crippen LogP contribution is -2.35. The number of amides is 1. The Morgan fingerprint density at radius 1 is 1.21 bits per heavy atom. The van der Waals surface area contributed by atoms with Crippen molar-refractivity contribution in [3.8, 4) is 17.2 Å². The molecule has 0 spiro atoms. The van der Waals surface area contributed by atoms with Crippen LogP contribution in [0.5, 0.6) is 17.2 Å². The standard InChI is InChI=1S/C20H23N3O5/c1-27-19-3-2-14(8-16(19)13-23-4-6-28-7-5-23)12-21-22-20(26)15-9-17(24)11-18(25)10-15/h2-3,8-12,24-25H,4-7,13H2,1H3,(H,22,26)/b21-12-. The quantitative estimate of drug-likeness (QED) is 0.517. The van der Waals surface area contributed by atoms with E-state index in [1.165, 1.54) is 18.3 Å². The summed E-state index contributed by atoms with van der Waals surface area (Å²) >= 11 is 0. The number of hydrogen-bond acceptors (Lipinski definition) is 7. The van der Waals surface area contributed by atoms with Gasteiger partial charge in [0.25, 0.3) is 5.91 Å². The van der Waals surface area contributed by atoms with Gasteiger partial charge >= 0.3 is 0 Å². The second-order valence-electron chi connectivity index (χ2n) is 6.40. The van der Waals surface area contributed by atoms with Crippen molar-refractivity contribution in [2.75, 3.05) is 33.4 Å². The highest BCUT2D eigenvalue weighted by molar-refractivity contribution is 5.95. The van der Waals surface area contributed by atoms with Crippen LogP contribution < -0.4 is 10.2 Å². The molecule has 3 N–H and O–H groups in total. The Balaban J connectivity index is 1.67. The Kier molecular flexibility index (Phi) is 6.46. The molecule has 8 nitrogen and oxygen atoms in total. The molecule has 3 rings (SSSR count). The fraction of sp³-hybridized carbons (Fsp3) is 0.300. The van der Waals surface area contributed by atoms with Gasteiger partial charge in [-0.1, -0.05) is 0 Å². The van der Waals surface area contributed by atoms with E-state index >= 15 is 0 Å². The number of rotatable bonds is 6. The van der Waals surface area contributed by atoms with Crippen LogP contribution in [0, 0.1) is 0 Å². The second-order valence-corrected chi connectivity index (χ2v) is 6.40. The summed E-state index contributed by atoms with van der Waals surface area (Å²) in [5.74, 6) is -0.138. The van der Waals surface area contributed by atoms with Gasteiger partial charge in [-0.2, -0.15) is 5.10 Å². The number of nitrogens with zero attached hydrogens (tertiary/aromatic N) is 2. The molecule has 1 amide bonds. The van der Waals surface area contributed by atoms with Crippen molar-refractivity contribution >= 4 is 12.1 Å². The van der Waals surface area contributed by atoms with Crippen molar-refractivity contribution in [2.24, 2.45) is 5.10 Å². The Hall–Kier alpha value is -3.10. The van der Waals surface area contributed by atoms with E-state index in [0.29, 0.717) is 0 Å². The molecular weight excluding hydrogens is 362 g/mol. The monoisotopic (exact) mass is 385 g/mol. The number of nitrogens with one attached hydrogen (secondary N) is 1. The van der Waals surface area contributed by atoms with Gasteiger partial charge in [-0.3, -0.25) is 9.69 Å². The van der Waals surface area contributed by atoms with E-state index in [1.807, 2.05) is 18.2 Å². The molecule has 0 bridgehead atoms. The number of phenolic OH excluding ortho intramolecular Hbond substituents is 2. The molecular formula is C20H23N3O5. The number of hydrogen-bond donors (Lipinski definition) is 3. The molecule has 2 aromatic carbocycles. The van der Waals surface area contributed by atoms with Crippen LogP contribution in [0.1, 0.15) is 21.5 Å². The molecule has 1 aliphatic heterocycles. The summed E-state index contributed by atoms with van der Waals surface area (Å²) in [7, 11) is 1.64. The normalized spacial score (nSPS) is 14.9. The zero-order valence-electron chi connectivity index (χ0n) is 15.6. The number of morpholine rings is 1. The summed E-state index contributed by atoms with van der Waals surface area (Å²) in [6.45, 7) is 3.92. The predicted molar refractivity (Wildman–Crippen MR) is 104 cm³/mol. The van der Waals surface area contributed by atoms with Gasteiger partial charge in [0.15, 0.2) is 0 Å². The minimum absolute atomic E-state index is 0.109. The highest BCUT2D eigenvalue weighted by Gasteiger charge is 2.14. The number of ether oxygens (including phenoxy) is 2. The van der Waals surface area contributed by atoms with Crippen LogP contribution in [0.4, 0.5) is 0 Å². The van der Waals surface area contributed by atoms with Gasteiger partial charge in [0, 0.05) is 36.8 Å². The first-order valence-corrected chi connectivity index (χ1v) is 8.88. The maximum Gasteiger partial charge on any atom is 0.271 e. The van der Waals surface area contributed by atoms with Crippen LogP contribution in [0.3, 0.4) is 0 Å². The van der Waals surface area contributed by atoms with Crippen molar-refractivity contribution < 1.29 is 24.5 Å². The zero-order chi connectivity index (χ0) is 19.9. The smallest absolute Gasteiger partial charge is 0.271 e. The van der Waals surface area contributed by atoms with Crippen LogP contribution in [0.15, 0.2) is 41.5 Å². The number of hydrazone groups is 1. The van der Waals surface area contributed by atoms with E-state index in [1.54, 1.807) is 7.11 Å². The molecule has 0 unspecified atom stereocenters. The fourth-order valence-corrected chi connectivity index (χ4v) is 2.96. The van der Waals surface area contributed by atoms with E-state index in [2.05, 4.69) is 15.4 Å². The third kappa shape index (κ3) is 5.21. The average molecular weight is 385 g/mol. The molecule has 2 aromatic rings. The number of benzene rings is 2. The summed E-state index contributed by atoms with van der Waals surface area (Å²) in [6, 6.07) is 9.32. The minimum atomic E-state index is -0.537. The molecule has 0 radical (unpaired) electrons. The fourth-order valence-electron chi connectivity index (χ4n) is 2.96. The lowest BCUT2D eigenvalue weighted by atomic mass is 10.1. The van der Waals surface area contributed by atoms with Gasteiger partial charge in [-0.25, -0.2) is 5.43 Å². The van der Waals surface area contributed by atoms with Gasteiger partial charge in [0.05, 0.1) is 26.5 Å². The number of aromatic hydroxyl groups is 2. The topological polar surface area (TPSA) is 104 Å². The van der Waals surface area contributed by atoms with Crippen LogP contribution in [0.2, 0.25) is 0 Å². The highest BCUT2D eigenvalue weighted by atomic mass is 16.5. The second kappa shape index (κ2) is 9.20. The zero-order valence-corrected chi connectivity index (χ0v) is 15.6. The molecule has 0 aromatic heterocycles. The molecule has 0 saturated carbocycles. The van der Waals surface area contributed by atoms with Gasteiger partial charge in [-0.05, 0) is 35.9 Å². The van der Waals surface area contributed by atoms with Crippen LogP contribution in [-0.4, -0.2) is 60.6 Å². The van der Waals surface area contributed by atoms with Crippen molar-refractivity contribution in [1.29, 1.82) is 0 Å². The molecule has 1 saturated heterocycles. The molecule has 148 valence electrons. The lowest BCUT2D eigenvalue weighted by Gasteiger charge is -2.27. The van der Waals surface area contributed by atoms with Crippen LogP contribution in [-0.2, 0) is 11.3 Å². The maximum absolute atomic E-state index is 12.1. The Morgan fingerprint density at radius 3 is 2.61 bits per heavy atom. The Labute approximate surface area is 163 Å². The van der Waals surface area contributed by atoms with Crippen molar-refractivity contribution in [1.82, 2.24) is 10.3 Å². The summed E-state index contributed by atoms with van der Waals surface area (Å²) in [5.41, 5.74) is 4.32. The van der Waals surface area contributed by atoms with Crippen molar-refractivity contribution in [2.45, 2.75) is 6.54 Å². The van der Waals surface area contributed by atoms with Gasteiger partial charge in [0.2, 0.25) is 0 Å². The summed E-state index contributed by atoms with van der Waals surface area (Å²) < 4.78 is 10.8. The molecule has 28 heavy (non-hydrogen) atoms. The highest BCUT2D eigenvalue weighted by Crippen LogP contribution is 2.22. The van der Waals surface area contributed by atoms with E-state index < -0.39 is 5.91 Å². The maximum atomic E-state index is 12.1. The molecule has 1 fully saturated rings. The summed E-state index contributed by atoms with van der Waals surface area (Å²) in [5, 5.41) is 22.9. The first-order chi connectivity index (χ1) is 13.5. The molecule has 8 heteroatoms. The van der Waals surface area contributed by atoms with E-state index in [9.17, 15) is 15.0 Å². The van der Waals surface area contributed by atoms with Gasteiger partial charge in [-0.15, -0.1) is 0 Å². The first kappa shape index (κ1) is 19.7. The summed E-state index contributed by atoms with van der Waals surface area (Å²) in [4.78, 5) is 14.4. The van der Waals surface area contributed by atoms with Gasteiger partial charge in [0.1, 0.15) is 17.2 Å². The van der Waals surface area contributed by atoms with Crippen LogP contribution >= 0.6 is 0 Å². The third-order valence-corrected chi connectivity index (χ3v) is 4.35. The van der Waals surface area contributed by atoms with E-state index in [0.717, 1.165) is 55.8 Å². The predicted octanol–water partition coefficient (Wildman–Crippen LogP) is 1.70. The van der Waals surface area contributed by atoms with E-state index in [4.69, 9.17) is 9.47 Å². The molecule has 0 aliphatic carbocycles. The van der Waals surface area contributed by atoms with Crippen LogP contribution in [0.25, 0.3) is 0 Å². The Morgan fingerprint density at radius 2 is 1.93 bits per heavy atom. The van der Waals surface area contributed by atoms with Gasteiger partial charge < -0.3 is 19.7 Å². The molecule has 1 aliphatic rings. The average Bonchev–Trinajstić information content (AvgIpc) is 2.68. The number of carbonyl (C=O) groups is 1. The van der Waals surface area contributed by atoms with E-state index in [-0.39, 0.29) is 17.1 Å². The largest absolute Gasteiger partial charge is 0.508 e. The first-order valence-electron chi connectivity index (χ1n) is 8.88. The number of phenols is 2. The molecule has 1 heterocycles. The Bertz CT molecular complexity index is 843.